The maximum Gasteiger partial charge on any atom is 0.291 e. The Balaban J connectivity index is 2.45. The van der Waals surface area contributed by atoms with Gasteiger partial charge in [-0.1, -0.05) is 0 Å². The Morgan fingerprint density at radius 2 is 2.00 bits per heavy atom. The molecule has 0 fully saturated rings. The molecule has 0 spiro atoms. The summed E-state index contributed by atoms with van der Waals surface area (Å²) in [5.41, 5.74) is 7.18. The molecule has 1 amide bonds. The first-order valence-electron chi connectivity index (χ1n) is 7.13. The van der Waals surface area contributed by atoms with Crippen LogP contribution in [0.3, 0.4) is 0 Å². The third-order valence-electron chi connectivity index (χ3n) is 3.82. The van der Waals surface area contributed by atoms with Crippen LogP contribution in [0.25, 0.3) is 22.2 Å². The molecule has 118 valence electrons. The number of hydrogen-bond acceptors (Lipinski definition) is 3. The highest BCUT2D eigenvalue weighted by Crippen LogP contribution is 2.29. The molecule has 23 heavy (non-hydrogen) atoms. The third-order valence-corrected chi connectivity index (χ3v) is 3.82. The number of halogens is 1. The van der Waals surface area contributed by atoms with Gasteiger partial charge in [0.25, 0.3) is 11.5 Å². The lowest BCUT2D eigenvalue weighted by molar-refractivity contribution is 0.0996. The lowest BCUT2D eigenvalue weighted by Gasteiger charge is -2.08. The first-order chi connectivity index (χ1) is 10.9. The van der Waals surface area contributed by atoms with E-state index in [0.717, 1.165) is 0 Å². The smallest absolute Gasteiger partial charge is 0.291 e. The predicted octanol–water partition coefficient (Wildman–Crippen LogP) is 1.96. The molecule has 0 saturated carbocycles. The van der Waals surface area contributed by atoms with E-state index in [1.54, 1.807) is 26.0 Å². The van der Waals surface area contributed by atoms with Gasteiger partial charge in [0, 0.05) is 17.5 Å². The van der Waals surface area contributed by atoms with Crippen LogP contribution in [0.5, 0.6) is 0 Å². The normalized spacial score (nSPS) is 11.1. The fraction of sp³-hybridized carbons (Fsp3) is 0.188. The van der Waals surface area contributed by atoms with Crippen LogP contribution < -0.4 is 11.3 Å². The van der Waals surface area contributed by atoms with E-state index in [9.17, 15) is 14.0 Å². The minimum atomic E-state index is -0.647. The number of nitrogens with zero attached hydrogens (tertiary/aromatic N) is 2. The lowest BCUT2D eigenvalue weighted by atomic mass is 10.0. The molecule has 7 heteroatoms. The number of nitrogens with one attached hydrogen (secondary N) is 1. The van der Waals surface area contributed by atoms with E-state index < -0.39 is 5.91 Å². The Morgan fingerprint density at radius 1 is 1.35 bits per heavy atom. The molecule has 2 aromatic heterocycles. The highest BCUT2D eigenvalue weighted by Gasteiger charge is 2.20. The zero-order valence-corrected chi connectivity index (χ0v) is 12.7. The molecule has 0 atom stereocenters. The number of aryl methyl sites for hydroxylation is 2. The van der Waals surface area contributed by atoms with Gasteiger partial charge in [0.1, 0.15) is 22.7 Å². The van der Waals surface area contributed by atoms with Crippen molar-refractivity contribution in [2.75, 3.05) is 0 Å². The fourth-order valence-corrected chi connectivity index (χ4v) is 2.67. The molecule has 6 nitrogen and oxygen atoms in total. The van der Waals surface area contributed by atoms with Crippen molar-refractivity contribution in [1.29, 1.82) is 0 Å². The zero-order valence-electron chi connectivity index (χ0n) is 12.7. The average molecular weight is 314 g/mol. The molecule has 0 unspecified atom stereocenters. The largest absolute Gasteiger partial charge is 0.364 e. The number of aromatic nitrogens is 3. The van der Waals surface area contributed by atoms with Crippen molar-refractivity contribution in [3.63, 3.8) is 0 Å². The molecule has 0 bridgehead atoms. The standard InChI is InChI=1S/C16H15FN4O2/c1-3-21-16(23)14-11(8(2)12(19-14)15(18)22)13(20-21)9-4-6-10(17)7-5-9/h4-7,19H,3H2,1-2H3,(H2,18,22). The van der Waals surface area contributed by atoms with Crippen LogP contribution in [0.1, 0.15) is 23.0 Å². The van der Waals surface area contributed by atoms with Crippen LogP contribution in [-0.4, -0.2) is 20.7 Å². The van der Waals surface area contributed by atoms with E-state index in [0.29, 0.717) is 28.8 Å². The van der Waals surface area contributed by atoms with Gasteiger partial charge < -0.3 is 10.7 Å². The Hall–Kier alpha value is -2.96. The van der Waals surface area contributed by atoms with Crippen molar-refractivity contribution in [2.24, 2.45) is 5.73 Å². The number of carbonyl (C=O) groups excluding carboxylic acids is 1. The minimum Gasteiger partial charge on any atom is -0.364 e. The number of benzene rings is 1. The number of fused-ring (bicyclic) bond motifs is 1. The molecular formula is C16H15FN4O2. The zero-order chi connectivity index (χ0) is 16.7. The maximum atomic E-state index is 13.2. The molecule has 3 N–H and O–H groups in total. The van der Waals surface area contributed by atoms with Crippen LogP contribution in [0, 0.1) is 12.7 Å². The second kappa shape index (κ2) is 5.35. The van der Waals surface area contributed by atoms with Gasteiger partial charge in [-0.3, -0.25) is 9.59 Å². The van der Waals surface area contributed by atoms with Crippen molar-refractivity contribution in [2.45, 2.75) is 20.4 Å². The highest BCUT2D eigenvalue weighted by molar-refractivity contribution is 6.04. The monoisotopic (exact) mass is 314 g/mol. The van der Waals surface area contributed by atoms with Gasteiger partial charge >= 0.3 is 0 Å². The topological polar surface area (TPSA) is 93.8 Å². The van der Waals surface area contributed by atoms with Crippen LogP contribution in [0.2, 0.25) is 0 Å². The lowest BCUT2D eigenvalue weighted by Crippen LogP contribution is -2.23. The molecule has 3 aromatic rings. The van der Waals surface area contributed by atoms with Gasteiger partial charge in [-0.05, 0) is 43.7 Å². The van der Waals surface area contributed by atoms with Crippen molar-refractivity contribution >= 4 is 16.8 Å². The third kappa shape index (κ3) is 2.30. The number of rotatable bonds is 3. The summed E-state index contributed by atoms with van der Waals surface area (Å²) in [6, 6.07) is 5.80. The average Bonchev–Trinajstić information content (AvgIpc) is 2.88. The number of aromatic amines is 1. The summed E-state index contributed by atoms with van der Waals surface area (Å²) in [6.07, 6.45) is 0. The predicted molar refractivity (Wildman–Crippen MR) is 84.7 cm³/mol. The molecule has 0 aliphatic heterocycles. The summed E-state index contributed by atoms with van der Waals surface area (Å²) in [7, 11) is 0. The summed E-state index contributed by atoms with van der Waals surface area (Å²) in [6.45, 7) is 3.86. The first kappa shape index (κ1) is 15.0. The van der Waals surface area contributed by atoms with Crippen LogP contribution >= 0.6 is 0 Å². The second-order valence-electron chi connectivity index (χ2n) is 5.22. The van der Waals surface area contributed by atoms with Gasteiger partial charge in [-0.2, -0.15) is 5.10 Å². The Bertz CT molecular complexity index is 970. The van der Waals surface area contributed by atoms with Crippen LogP contribution in [0.15, 0.2) is 29.1 Å². The maximum absolute atomic E-state index is 13.2. The van der Waals surface area contributed by atoms with Crippen LogP contribution in [-0.2, 0) is 6.54 Å². The molecule has 0 aliphatic rings. The molecule has 1 aromatic carbocycles. The van der Waals surface area contributed by atoms with E-state index in [1.165, 1.54) is 16.8 Å². The molecule has 0 saturated heterocycles. The molecular weight excluding hydrogens is 299 g/mol. The van der Waals surface area contributed by atoms with E-state index in [2.05, 4.69) is 10.1 Å². The first-order valence-corrected chi connectivity index (χ1v) is 7.13. The number of hydrogen-bond donors (Lipinski definition) is 2. The van der Waals surface area contributed by atoms with Crippen molar-refractivity contribution in [3.8, 4) is 11.3 Å². The van der Waals surface area contributed by atoms with Crippen molar-refractivity contribution in [1.82, 2.24) is 14.8 Å². The Kier molecular flexibility index (Phi) is 3.48. The molecule has 3 rings (SSSR count). The summed E-state index contributed by atoms with van der Waals surface area (Å²) < 4.78 is 14.5. The number of carbonyl (C=O) groups is 1. The summed E-state index contributed by atoms with van der Waals surface area (Å²) in [4.78, 5) is 26.8. The number of amides is 1. The molecule has 2 heterocycles. The van der Waals surface area contributed by atoms with E-state index >= 15 is 0 Å². The second-order valence-corrected chi connectivity index (χ2v) is 5.22. The fourth-order valence-electron chi connectivity index (χ4n) is 2.67. The van der Waals surface area contributed by atoms with E-state index in [-0.39, 0.29) is 22.6 Å². The van der Waals surface area contributed by atoms with Gasteiger partial charge in [0.05, 0.1) is 0 Å². The molecule has 0 aliphatic carbocycles. The van der Waals surface area contributed by atoms with E-state index in [1.807, 2.05) is 0 Å². The SMILES string of the molecule is CCn1nc(-c2ccc(F)cc2)c2c(C)c(C(N)=O)[nH]c2c1=O. The van der Waals surface area contributed by atoms with E-state index in [4.69, 9.17) is 5.73 Å². The molecule has 0 radical (unpaired) electrons. The van der Waals surface area contributed by atoms with Gasteiger partial charge in [-0.25, -0.2) is 9.07 Å². The quantitative estimate of drug-likeness (QED) is 0.773. The van der Waals surface area contributed by atoms with Crippen LogP contribution in [0.4, 0.5) is 4.39 Å². The van der Waals surface area contributed by atoms with Gasteiger partial charge in [0.15, 0.2) is 0 Å². The minimum absolute atomic E-state index is 0.177. The summed E-state index contributed by atoms with van der Waals surface area (Å²) >= 11 is 0. The number of primary amides is 1. The van der Waals surface area contributed by atoms with Gasteiger partial charge in [0.2, 0.25) is 0 Å². The Labute approximate surface area is 130 Å². The number of nitrogens with two attached hydrogens (primary N) is 1. The van der Waals surface area contributed by atoms with Gasteiger partial charge in [-0.15, -0.1) is 0 Å². The van der Waals surface area contributed by atoms with Crippen molar-refractivity contribution in [3.05, 3.63) is 51.7 Å². The Morgan fingerprint density at radius 3 is 2.57 bits per heavy atom. The van der Waals surface area contributed by atoms with Crippen molar-refractivity contribution < 1.29 is 9.18 Å². The summed E-state index contributed by atoms with van der Waals surface area (Å²) in [5, 5.41) is 4.89. The number of H-pyrrole nitrogens is 1. The summed E-state index contributed by atoms with van der Waals surface area (Å²) in [5.74, 6) is -1.01. The highest BCUT2D eigenvalue weighted by atomic mass is 19.1.